The van der Waals surface area contributed by atoms with Gasteiger partial charge >= 0.3 is 5.97 Å². The van der Waals surface area contributed by atoms with Gasteiger partial charge in [-0.05, 0) is 57.2 Å². The van der Waals surface area contributed by atoms with Crippen molar-refractivity contribution in [2.75, 3.05) is 14.2 Å². The fourth-order valence-corrected chi connectivity index (χ4v) is 5.12. The van der Waals surface area contributed by atoms with Crippen molar-refractivity contribution in [3.8, 4) is 5.75 Å². The summed E-state index contributed by atoms with van der Waals surface area (Å²) in [5.74, 6) is -1.36. The topological polar surface area (TPSA) is 139 Å². The lowest BCUT2D eigenvalue weighted by molar-refractivity contribution is -0.146. The number of H-pyrrole nitrogens is 1. The average Bonchev–Trinajstić information content (AvgIpc) is 3.47. The fourth-order valence-electron chi connectivity index (χ4n) is 4.91. The Balaban J connectivity index is 1.50. The number of hydrogen-bond donors (Lipinski definition) is 4. The number of fused-ring (bicyclic) bond motifs is 1. The highest BCUT2D eigenvalue weighted by molar-refractivity contribution is 6.35. The van der Waals surface area contributed by atoms with Crippen molar-refractivity contribution in [1.29, 1.82) is 0 Å². The van der Waals surface area contributed by atoms with Gasteiger partial charge in [0.1, 0.15) is 23.5 Å². The van der Waals surface area contributed by atoms with E-state index < -0.39 is 35.8 Å². The number of amides is 3. The fraction of sp³-hybridized carbons (Fsp3) is 0.538. The summed E-state index contributed by atoms with van der Waals surface area (Å²) in [6.07, 6.45) is 3.02. The molecule has 11 heteroatoms. The molecule has 1 aromatic heterocycles. The SMILES string of the molecule is COC(=O)C(C[C@@H]1CC(C)(C)NC1=O)NC(=O)C(CC1CC1)NC(=O)c1cc2c(OC)ccc(Cl)c2[nH]1. The molecule has 200 valence electrons. The molecule has 2 fully saturated rings. The van der Waals surface area contributed by atoms with Gasteiger partial charge in [0.05, 0.1) is 24.8 Å². The number of nitrogens with one attached hydrogen (secondary N) is 4. The number of esters is 1. The maximum Gasteiger partial charge on any atom is 0.328 e. The summed E-state index contributed by atoms with van der Waals surface area (Å²) < 4.78 is 10.3. The number of hydrogen-bond acceptors (Lipinski definition) is 6. The van der Waals surface area contributed by atoms with E-state index in [1.807, 2.05) is 13.8 Å². The zero-order valence-electron chi connectivity index (χ0n) is 21.4. The van der Waals surface area contributed by atoms with Crippen LogP contribution in [0, 0.1) is 11.8 Å². The van der Waals surface area contributed by atoms with Crippen molar-refractivity contribution >= 4 is 46.2 Å². The number of carbonyl (C=O) groups excluding carboxylic acids is 4. The van der Waals surface area contributed by atoms with E-state index in [1.165, 1.54) is 14.2 Å². The third-order valence-electron chi connectivity index (χ3n) is 6.97. The number of halogens is 1. The highest BCUT2D eigenvalue weighted by Gasteiger charge is 2.41. The predicted molar refractivity (Wildman–Crippen MR) is 137 cm³/mol. The molecule has 4 rings (SSSR count). The molecule has 0 radical (unpaired) electrons. The van der Waals surface area contributed by atoms with Gasteiger partial charge in [-0.15, -0.1) is 0 Å². The molecule has 1 aromatic carbocycles. The van der Waals surface area contributed by atoms with Crippen LogP contribution in [-0.2, 0) is 19.1 Å². The Morgan fingerprint density at radius 2 is 1.86 bits per heavy atom. The van der Waals surface area contributed by atoms with Crippen LogP contribution in [-0.4, -0.2) is 60.5 Å². The Hall–Kier alpha value is -3.27. The van der Waals surface area contributed by atoms with Gasteiger partial charge in [-0.25, -0.2) is 4.79 Å². The lowest BCUT2D eigenvalue weighted by atomic mass is 9.91. The molecule has 4 N–H and O–H groups in total. The summed E-state index contributed by atoms with van der Waals surface area (Å²) in [5.41, 5.74) is 0.391. The zero-order valence-corrected chi connectivity index (χ0v) is 22.2. The van der Waals surface area contributed by atoms with Crippen LogP contribution in [0.5, 0.6) is 5.75 Å². The van der Waals surface area contributed by atoms with Gasteiger partial charge in [0.15, 0.2) is 0 Å². The minimum absolute atomic E-state index is 0.109. The molecule has 2 heterocycles. The molecule has 3 amide bonds. The number of aromatic amines is 1. The maximum atomic E-state index is 13.3. The lowest BCUT2D eigenvalue weighted by Gasteiger charge is -2.23. The second kappa shape index (κ2) is 10.6. The van der Waals surface area contributed by atoms with E-state index in [0.717, 1.165) is 12.8 Å². The van der Waals surface area contributed by atoms with Crippen LogP contribution in [0.3, 0.4) is 0 Å². The lowest BCUT2D eigenvalue weighted by Crippen LogP contribution is -2.52. The Kier molecular flexibility index (Phi) is 7.68. The van der Waals surface area contributed by atoms with Crippen LogP contribution < -0.4 is 20.7 Å². The molecule has 37 heavy (non-hydrogen) atoms. The van der Waals surface area contributed by atoms with Crippen LogP contribution in [0.2, 0.25) is 5.02 Å². The molecule has 1 aliphatic heterocycles. The van der Waals surface area contributed by atoms with Crippen LogP contribution in [0.1, 0.15) is 56.4 Å². The van der Waals surface area contributed by atoms with Gasteiger partial charge in [-0.1, -0.05) is 24.4 Å². The first-order valence-corrected chi connectivity index (χ1v) is 12.8. The predicted octanol–water partition coefficient (Wildman–Crippen LogP) is 2.69. The van der Waals surface area contributed by atoms with Crippen LogP contribution in [0.25, 0.3) is 10.9 Å². The number of ether oxygens (including phenoxy) is 2. The van der Waals surface area contributed by atoms with Crippen LogP contribution in [0.4, 0.5) is 0 Å². The highest BCUT2D eigenvalue weighted by atomic mass is 35.5. The third-order valence-corrected chi connectivity index (χ3v) is 7.28. The second-order valence-electron chi connectivity index (χ2n) is 10.5. The van der Waals surface area contributed by atoms with Crippen molar-refractivity contribution < 1.29 is 28.7 Å². The molecular formula is C26H33ClN4O6. The molecule has 1 aliphatic carbocycles. The second-order valence-corrected chi connectivity index (χ2v) is 10.9. The standard InChI is InChI=1S/C26H33ClN4O6/c1-26(2)12-14(22(32)31-26)10-19(25(35)37-4)30-23(33)17(9-13-5-6-13)29-24(34)18-11-15-20(36-3)8-7-16(27)21(15)28-18/h7-8,11,13-14,17,19,28H,5-6,9-10,12H2,1-4H3,(H,29,34)(H,30,33)(H,31,32)/t14-,17?,19?/m1/s1. The zero-order chi connectivity index (χ0) is 26.9. The average molecular weight is 533 g/mol. The van der Waals surface area contributed by atoms with Crippen LogP contribution >= 0.6 is 11.6 Å². The Labute approximate surface area is 220 Å². The van der Waals surface area contributed by atoms with Crippen molar-refractivity contribution in [2.24, 2.45) is 11.8 Å². The largest absolute Gasteiger partial charge is 0.496 e. The maximum absolute atomic E-state index is 13.3. The Bertz CT molecular complexity index is 1220. The third kappa shape index (κ3) is 6.18. The first kappa shape index (κ1) is 26.8. The van der Waals surface area contributed by atoms with Crippen molar-refractivity contribution in [1.82, 2.24) is 20.9 Å². The van der Waals surface area contributed by atoms with Gasteiger partial charge < -0.3 is 30.4 Å². The van der Waals surface area contributed by atoms with Gasteiger partial charge in [-0.2, -0.15) is 0 Å². The number of benzene rings is 1. The number of aromatic nitrogens is 1. The summed E-state index contributed by atoms with van der Waals surface area (Å²) in [7, 11) is 2.76. The first-order chi connectivity index (χ1) is 17.5. The minimum Gasteiger partial charge on any atom is -0.496 e. The van der Waals surface area contributed by atoms with Crippen molar-refractivity contribution in [3.63, 3.8) is 0 Å². The van der Waals surface area contributed by atoms with E-state index in [9.17, 15) is 19.2 Å². The normalized spacial score (nSPS) is 20.1. The summed E-state index contributed by atoms with van der Waals surface area (Å²) in [5, 5.41) is 9.51. The molecule has 10 nitrogen and oxygen atoms in total. The Morgan fingerprint density at radius 3 is 2.46 bits per heavy atom. The Morgan fingerprint density at radius 1 is 1.14 bits per heavy atom. The quantitative estimate of drug-likeness (QED) is 0.347. The summed E-state index contributed by atoms with van der Waals surface area (Å²) in [4.78, 5) is 54.4. The van der Waals surface area contributed by atoms with E-state index in [0.29, 0.717) is 40.4 Å². The van der Waals surface area contributed by atoms with Crippen LogP contribution in [0.15, 0.2) is 18.2 Å². The molecule has 1 saturated heterocycles. The van der Waals surface area contributed by atoms with Gasteiger partial charge in [0.2, 0.25) is 11.8 Å². The van der Waals surface area contributed by atoms with Gasteiger partial charge in [-0.3, -0.25) is 14.4 Å². The summed E-state index contributed by atoms with van der Waals surface area (Å²) >= 11 is 6.28. The van der Waals surface area contributed by atoms with Crippen molar-refractivity contribution in [3.05, 3.63) is 28.9 Å². The monoisotopic (exact) mass is 532 g/mol. The molecular weight excluding hydrogens is 500 g/mol. The molecule has 2 unspecified atom stereocenters. The molecule has 0 spiro atoms. The van der Waals surface area contributed by atoms with Crippen molar-refractivity contribution in [2.45, 2.75) is 63.6 Å². The summed E-state index contributed by atoms with van der Waals surface area (Å²) in [6.45, 7) is 3.81. The molecule has 3 atom stereocenters. The summed E-state index contributed by atoms with van der Waals surface area (Å²) in [6, 6.07) is 3.12. The molecule has 1 saturated carbocycles. The number of rotatable bonds is 10. The smallest absolute Gasteiger partial charge is 0.328 e. The van der Waals surface area contributed by atoms with E-state index in [1.54, 1.807) is 18.2 Å². The van der Waals surface area contributed by atoms with E-state index in [2.05, 4.69) is 20.9 Å². The van der Waals surface area contributed by atoms with E-state index >= 15 is 0 Å². The minimum atomic E-state index is -1.02. The molecule has 2 aliphatic rings. The number of carbonyl (C=O) groups is 4. The molecule has 2 aromatic rings. The number of methoxy groups -OCH3 is 2. The molecule has 0 bridgehead atoms. The van der Waals surface area contributed by atoms with E-state index in [-0.39, 0.29) is 23.6 Å². The van der Waals surface area contributed by atoms with E-state index in [4.69, 9.17) is 21.1 Å². The highest BCUT2D eigenvalue weighted by Crippen LogP contribution is 2.34. The van der Waals surface area contributed by atoms with Gasteiger partial charge in [0.25, 0.3) is 5.91 Å². The first-order valence-electron chi connectivity index (χ1n) is 12.4. The van der Waals surface area contributed by atoms with Gasteiger partial charge in [0, 0.05) is 16.8 Å².